The summed E-state index contributed by atoms with van der Waals surface area (Å²) in [5, 5.41) is 9.23. The largest absolute Gasteiger partial charge is 0.399 e. The molecular weight excluding hydrogens is 254 g/mol. The van der Waals surface area contributed by atoms with Crippen LogP contribution in [0.3, 0.4) is 0 Å². The van der Waals surface area contributed by atoms with E-state index in [2.05, 4.69) is 30.7 Å². The Morgan fingerprint density at radius 1 is 1.26 bits per heavy atom. The van der Waals surface area contributed by atoms with E-state index in [4.69, 9.17) is 4.43 Å². The van der Waals surface area contributed by atoms with Crippen molar-refractivity contribution in [2.24, 2.45) is 0 Å². The van der Waals surface area contributed by atoms with E-state index in [9.17, 15) is 5.26 Å². The molecule has 0 aliphatic carbocycles. The first-order valence-corrected chi connectivity index (χ1v) is 9.56. The van der Waals surface area contributed by atoms with Gasteiger partial charge in [0.25, 0.3) is 0 Å². The van der Waals surface area contributed by atoms with Gasteiger partial charge in [0.15, 0.2) is 14.4 Å². The van der Waals surface area contributed by atoms with Gasteiger partial charge in [0.1, 0.15) is 0 Å². The Bertz CT molecular complexity index is 564. The lowest BCUT2D eigenvalue weighted by Crippen LogP contribution is -2.27. The molecule has 1 atom stereocenters. The summed E-state index contributed by atoms with van der Waals surface area (Å²) in [6, 6.07) is 10.0. The Labute approximate surface area is 114 Å². The second-order valence-corrected chi connectivity index (χ2v) is 9.76. The van der Waals surface area contributed by atoms with Crippen LogP contribution in [0.15, 0.2) is 43.0 Å². The van der Waals surface area contributed by atoms with Crippen LogP contribution < -0.4 is 0 Å². The lowest BCUT2D eigenvalue weighted by atomic mass is 10.1. The highest BCUT2D eigenvalue weighted by molar-refractivity contribution is 6.69. The van der Waals surface area contributed by atoms with Crippen molar-refractivity contribution in [3.8, 4) is 11.8 Å². The van der Waals surface area contributed by atoms with Gasteiger partial charge in [-0.05, 0) is 37.3 Å². The number of benzene rings is 1. The van der Waals surface area contributed by atoms with Crippen molar-refractivity contribution in [2.75, 3.05) is 0 Å². The molecule has 0 radical (unpaired) electrons. The van der Waals surface area contributed by atoms with Crippen molar-refractivity contribution >= 4 is 8.32 Å². The number of rotatable bonds is 4. The van der Waals surface area contributed by atoms with Crippen LogP contribution in [0.1, 0.15) is 11.7 Å². The van der Waals surface area contributed by atoms with E-state index in [0.29, 0.717) is 0 Å². The molecule has 1 aromatic heterocycles. The van der Waals surface area contributed by atoms with Crippen LogP contribution in [0, 0.1) is 11.3 Å². The van der Waals surface area contributed by atoms with Crippen molar-refractivity contribution in [3.63, 3.8) is 0 Å². The molecule has 1 unspecified atom stereocenters. The summed E-state index contributed by atoms with van der Waals surface area (Å²) in [4.78, 5) is 4.01. The predicted molar refractivity (Wildman–Crippen MR) is 76.3 cm³/mol. The molecule has 0 saturated heterocycles. The molecule has 0 spiro atoms. The molecule has 4 nitrogen and oxygen atoms in total. The van der Waals surface area contributed by atoms with E-state index in [1.807, 2.05) is 35.0 Å². The molecule has 19 heavy (non-hydrogen) atoms. The summed E-state index contributed by atoms with van der Waals surface area (Å²) >= 11 is 0. The molecule has 1 heterocycles. The number of hydrogen-bond donors (Lipinski definition) is 0. The standard InChI is InChI=1S/C14H17N3OSi/c1-19(2,3)18-14(10-15)12-4-6-13(7-5-12)17-9-8-16-11-17/h4-9,11,14H,1-3H3. The topological polar surface area (TPSA) is 50.8 Å². The average molecular weight is 271 g/mol. The van der Waals surface area contributed by atoms with Crippen molar-refractivity contribution in [2.45, 2.75) is 25.7 Å². The fourth-order valence-electron chi connectivity index (χ4n) is 1.76. The minimum atomic E-state index is -1.73. The summed E-state index contributed by atoms with van der Waals surface area (Å²) in [5.41, 5.74) is 1.92. The zero-order valence-electron chi connectivity index (χ0n) is 11.4. The minimum absolute atomic E-state index is 0.483. The first-order valence-electron chi connectivity index (χ1n) is 6.15. The van der Waals surface area contributed by atoms with Crippen LogP contribution in [0.4, 0.5) is 0 Å². The molecule has 2 rings (SSSR count). The van der Waals surface area contributed by atoms with Crippen LogP contribution in [0.2, 0.25) is 19.6 Å². The van der Waals surface area contributed by atoms with E-state index in [-0.39, 0.29) is 0 Å². The van der Waals surface area contributed by atoms with Crippen LogP contribution in [0.5, 0.6) is 0 Å². The second-order valence-electron chi connectivity index (χ2n) is 5.30. The van der Waals surface area contributed by atoms with Gasteiger partial charge in [0, 0.05) is 18.1 Å². The monoisotopic (exact) mass is 271 g/mol. The second kappa shape index (κ2) is 5.39. The quantitative estimate of drug-likeness (QED) is 0.802. The van der Waals surface area contributed by atoms with E-state index in [0.717, 1.165) is 11.3 Å². The molecule has 98 valence electrons. The third-order valence-electron chi connectivity index (χ3n) is 2.59. The van der Waals surface area contributed by atoms with Crippen LogP contribution in [0.25, 0.3) is 5.69 Å². The summed E-state index contributed by atoms with van der Waals surface area (Å²) < 4.78 is 7.78. The molecule has 0 fully saturated rings. The van der Waals surface area contributed by atoms with E-state index < -0.39 is 14.4 Å². The number of nitrogens with zero attached hydrogens (tertiary/aromatic N) is 3. The highest BCUT2D eigenvalue weighted by Gasteiger charge is 2.22. The van der Waals surface area contributed by atoms with Crippen LogP contribution in [-0.2, 0) is 4.43 Å². The van der Waals surface area contributed by atoms with Gasteiger partial charge < -0.3 is 8.99 Å². The molecular formula is C14H17N3OSi. The number of imidazole rings is 1. The average Bonchev–Trinajstić information content (AvgIpc) is 2.89. The van der Waals surface area contributed by atoms with Gasteiger partial charge in [-0.2, -0.15) is 5.26 Å². The minimum Gasteiger partial charge on any atom is -0.399 e. The molecule has 2 aromatic rings. The van der Waals surface area contributed by atoms with Gasteiger partial charge in [0.2, 0.25) is 0 Å². The summed E-state index contributed by atoms with van der Waals surface area (Å²) in [5.74, 6) is 0. The van der Waals surface area contributed by atoms with Gasteiger partial charge in [-0.1, -0.05) is 12.1 Å². The summed E-state index contributed by atoms with van der Waals surface area (Å²) in [6.45, 7) is 6.24. The molecule has 0 aliphatic rings. The Morgan fingerprint density at radius 2 is 1.95 bits per heavy atom. The van der Waals surface area contributed by atoms with Crippen molar-refractivity contribution in [1.29, 1.82) is 5.26 Å². The van der Waals surface area contributed by atoms with Gasteiger partial charge in [-0.25, -0.2) is 4.98 Å². The third kappa shape index (κ3) is 3.53. The maximum atomic E-state index is 9.23. The SMILES string of the molecule is C[Si](C)(C)OC(C#N)c1ccc(-n2ccnc2)cc1. The first-order chi connectivity index (χ1) is 8.99. The zero-order chi connectivity index (χ0) is 13.9. The van der Waals surface area contributed by atoms with Gasteiger partial charge in [0.05, 0.1) is 12.4 Å². The first kappa shape index (κ1) is 13.5. The maximum absolute atomic E-state index is 9.23. The van der Waals surface area contributed by atoms with Crippen LogP contribution >= 0.6 is 0 Å². The molecule has 0 amide bonds. The Hall–Kier alpha value is -1.90. The Kier molecular flexibility index (Phi) is 3.84. The summed E-state index contributed by atoms with van der Waals surface area (Å²) in [6.07, 6.45) is 4.88. The lowest BCUT2D eigenvalue weighted by molar-refractivity contribution is 0.255. The van der Waals surface area contributed by atoms with Gasteiger partial charge in [-0.3, -0.25) is 0 Å². The lowest BCUT2D eigenvalue weighted by Gasteiger charge is -2.22. The molecule has 0 bridgehead atoms. The molecule has 1 aromatic carbocycles. The molecule has 0 aliphatic heterocycles. The molecule has 0 N–H and O–H groups in total. The Morgan fingerprint density at radius 3 is 2.42 bits per heavy atom. The van der Waals surface area contributed by atoms with Crippen LogP contribution in [-0.4, -0.2) is 17.9 Å². The van der Waals surface area contributed by atoms with E-state index in [1.54, 1.807) is 12.5 Å². The van der Waals surface area contributed by atoms with Crippen molar-refractivity contribution in [1.82, 2.24) is 9.55 Å². The fraction of sp³-hybridized carbons (Fsp3) is 0.286. The number of nitriles is 1. The highest BCUT2D eigenvalue weighted by atomic mass is 28.4. The fourth-order valence-corrected chi connectivity index (χ4v) is 2.65. The smallest absolute Gasteiger partial charge is 0.186 e. The third-order valence-corrected chi connectivity index (χ3v) is 3.53. The predicted octanol–water partition coefficient (Wildman–Crippen LogP) is 3.29. The number of aromatic nitrogens is 2. The maximum Gasteiger partial charge on any atom is 0.186 e. The highest BCUT2D eigenvalue weighted by Crippen LogP contribution is 2.22. The van der Waals surface area contributed by atoms with Gasteiger partial charge in [-0.15, -0.1) is 0 Å². The van der Waals surface area contributed by atoms with E-state index in [1.165, 1.54) is 0 Å². The van der Waals surface area contributed by atoms with Gasteiger partial charge >= 0.3 is 0 Å². The zero-order valence-corrected chi connectivity index (χ0v) is 12.4. The molecule has 0 saturated carbocycles. The normalized spacial score (nSPS) is 12.9. The summed E-state index contributed by atoms with van der Waals surface area (Å²) in [7, 11) is -1.73. The van der Waals surface area contributed by atoms with Crippen molar-refractivity contribution < 1.29 is 4.43 Å². The molecule has 5 heteroatoms. The van der Waals surface area contributed by atoms with E-state index >= 15 is 0 Å². The Balaban J connectivity index is 2.20. The number of hydrogen-bond acceptors (Lipinski definition) is 3. The van der Waals surface area contributed by atoms with Crippen molar-refractivity contribution in [3.05, 3.63) is 48.5 Å².